The molecule has 0 amide bonds. The van der Waals surface area contributed by atoms with Gasteiger partial charge in [0.2, 0.25) is 0 Å². The first-order valence-electron chi connectivity index (χ1n) is 10.7. The Morgan fingerprint density at radius 3 is 2.70 bits per heavy atom. The molecule has 2 aliphatic rings. The second-order valence-corrected chi connectivity index (χ2v) is 9.84. The fourth-order valence-electron chi connectivity index (χ4n) is 4.39. The van der Waals surface area contributed by atoms with Crippen molar-refractivity contribution in [2.75, 3.05) is 25.2 Å². The number of nitrogens with one attached hydrogen (secondary N) is 1. The van der Waals surface area contributed by atoms with Crippen LogP contribution in [0, 0.1) is 17.7 Å². The third kappa shape index (κ3) is 5.11. The number of methoxy groups -OCH3 is 1. The molecule has 1 aromatic rings. The lowest BCUT2D eigenvalue weighted by atomic mass is 9.69. The fraction of sp³-hybridized carbons (Fsp3) is 0.458. The molecule has 3 atom stereocenters. The summed E-state index contributed by atoms with van der Waals surface area (Å²) in [6, 6.07) is 4.19. The number of hydrogen-bond acceptors (Lipinski definition) is 7. The van der Waals surface area contributed by atoms with Gasteiger partial charge in [0.25, 0.3) is 0 Å². The molecule has 33 heavy (non-hydrogen) atoms. The van der Waals surface area contributed by atoms with Crippen molar-refractivity contribution in [2.45, 2.75) is 33.1 Å². The molecule has 9 heteroatoms. The lowest BCUT2D eigenvalue weighted by Gasteiger charge is -2.38. The van der Waals surface area contributed by atoms with Crippen LogP contribution in [0.5, 0.6) is 0 Å². The van der Waals surface area contributed by atoms with Crippen LogP contribution in [0.3, 0.4) is 0 Å². The molecule has 0 aromatic heterocycles. The number of ether oxygens (including phenoxy) is 2. The normalized spacial score (nSPS) is 22.6. The lowest BCUT2D eigenvalue weighted by Crippen LogP contribution is -2.43. The summed E-state index contributed by atoms with van der Waals surface area (Å²) in [5.41, 5.74) is 1.99. The van der Waals surface area contributed by atoms with Crippen LogP contribution in [0.1, 0.15) is 38.7 Å². The number of carbonyl (C=O) groups excluding carboxylic acids is 3. The van der Waals surface area contributed by atoms with Crippen molar-refractivity contribution in [2.24, 2.45) is 11.8 Å². The number of allylic oxidation sites excluding steroid dienone is 3. The van der Waals surface area contributed by atoms with E-state index in [4.69, 9.17) is 21.1 Å². The maximum Gasteiger partial charge on any atom is 0.336 e. The predicted octanol–water partition coefficient (Wildman–Crippen LogP) is 4.39. The van der Waals surface area contributed by atoms with Crippen molar-refractivity contribution in [3.8, 4) is 0 Å². The van der Waals surface area contributed by atoms with Crippen LogP contribution in [0.2, 0.25) is 5.02 Å². The number of hydrogen-bond donors (Lipinski definition) is 1. The van der Waals surface area contributed by atoms with Crippen LogP contribution in [0.15, 0.2) is 40.7 Å². The van der Waals surface area contributed by atoms with E-state index < -0.39 is 35.4 Å². The van der Waals surface area contributed by atoms with Gasteiger partial charge in [0, 0.05) is 28.6 Å². The Bertz CT molecular complexity index is 1040. The standard InChI is InChI=1S/C24H27ClFNO5S/c1-5-33-9-8-32-24(30)19-13(3)27-17-10-12(2)18(23(29)31-4)22(28)21(17)20(19)14-6-7-15(25)16(26)11-14/h6-7,11-12,18,20,27H,5,8-10H2,1-4H3/t12-,18+,20+/m0/s1. The predicted molar refractivity (Wildman–Crippen MR) is 125 cm³/mol. The van der Waals surface area contributed by atoms with Gasteiger partial charge in [-0.1, -0.05) is 31.5 Å². The highest BCUT2D eigenvalue weighted by Gasteiger charge is 2.47. The summed E-state index contributed by atoms with van der Waals surface area (Å²) in [7, 11) is 1.23. The van der Waals surface area contributed by atoms with Crippen molar-refractivity contribution in [3.63, 3.8) is 0 Å². The second kappa shape index (κ2) is 10.7. The number of carbonyl (C=O) groups is 3. The molecule has 3 rings (SSSR count). The van der Waals surface area contributed by atoms with Gasteiger partial charge in [-0.25, -0.2) is 9.18 Å². The van der Waals surface area contributed by atoms with E-state index in [1.165, 1.54) is 19.2 Å². The van der Waals surface area contributed by atoms with Gasteiger partial charge >= 0.3 is 11.9 Å². The molecule has 178 valence electrons. The monoisotopic (exact) mass is 495 g/mol. The van der Waals surface area contributed by atoms with Crippen molar-refractivity contribution >= 4 is 41.1 Å². The number of rotatable bonds is 7. The smallest absolute Gasteiger partial charge is 0.336 e. The molecule has 0 unspecified atom stereocenters. The summed E-state index contributed by atoms with van der Waals surface area (Å²) in [4.78, 5) is 39.2. The molecule has 1 heterocycles. The van der Waals surface area contributed by atoms with E-state index in [0.717, 1.165) is 5.75 Å². The van der Waals surface area contributed by atoms with Gasteiger partial charge < -0.3 is 14.8 Å². The Labute approximate surface area is 201 Å². The van der Waals surface area contributed by atoms with Gasteiger partial charge in [-0.15, -0.1) is 0 Å². The topological polar surface area (TPSA) is 81.7 Å². The summed E-state index contributed by atoms with van der Waals surface area (Å²) >= 11 is 7.52. The molecular weight excluding hydrogens is 469 g/mol. The third-order valence-electron chi connectivity index (χ3n) is 5.90. The highest BCUT2D eigenvalue weighted by atomic mass is 35.5. The third-order valence-corrected chi connectivity index (χ3v) is 7.08. The zero-order valence-electron chi connectivity index (χ0n) is 19.0. The van der Waals surface area contributed by atoms with E-state index >= 15 is 0 Å². The van der Waals surface area contributed by atoms with E-state index in [0.29, 0.717) is 29.1 Å². The largest absolute Gasteiger partial charge is 0.468 e. The van der Waals surface area contributed by atoms with Crippen LogP contribution in [0.4, 0.5) is 4.39 Å². The van der Waals surface area contributed by atoms with Gasteiger partial charge in [-0.05, 0) is 42.7 Å². The summed E-state index contributed by atoms with van der Waals surface area (Å²) in [6.07, 6.45) is 0.403. The maximum atomic E-state index is 14.4. The number of halogens is 2. The Kier molecular flexibility index (Phi) is 8.23. The zero-order valence-corrected chi connectivity index (χ0v) is 20.6. The average molecular weight is 496 g/mol. The average Bonchev–Trinajstić information content (AvgIpc) is 2.77. The summed E-state index contributed by atoms with van der Waals surface area (Å²) in [5.74, 6) is -3.01. The Hall–Kier alpha value is -2.32. The number of esters is 2. The number of ketones is 1. The van der Waals surface area contributed by atoms with Gasteiger partial charge in [0.15, 0.2) is 5.78 Å². The molecule has 0 saturated heterocycles. The Morgan fingerprint density at radius 1 is 1.33 bits per heavy atom. The number of benzene rings is 1. The SMILES string of the molecule is CCSCCOC(=O)C1=C(C)NC2=C(C(=O)[C@H](C(=O)OC)[C@@H](C)C2)[C@@H]1c1ccc(Cl)c(F)c1. The number of Topliss-reactive ketones (excluding diaryl/α,β-unsaturated/α-hetero) is 1. The highest BCUT2D eigenvalue weighted by Crippen LogP contribution is 2.45. The molecule has 0 saturated carbocycles. The molecule has 1 N–H and O–H groups in total. The first kappa shape index (κ1) is 25.3. The summed E-state index contributed by atoms with van der Waals surface area (Å²) in [5, 5.41) is 3.11. The molecule has 0 fully saturated rings. The van der Waals surface area contributed by atoms with Crippen LogP contribution in [-0.4, -0.2) is 42.9 Å². The molecule has 1 aliphatic carbocycles. The number of thioether (sulfide) groups is 1. The highest BCUT2D eigenvalue weighted by molar-refractivity contribution is 7.99. The van der Waals surface area contributed by atoms with Crippen LogP contribution in [-0.2, 0) is 23.9 Å². The maximum absolute atomic E-state index is 14.4. The number of dihydropyridines is 1. The van der Waals surface area contributed by atoms with Crippen molar-refractivity contribution < 1.29 is 28.2 Å². The molecule has 1 aliphatic heterocycles. The minimum atomic E-state index is -1.01. The van der Waals surface area contributed by atoms with Gasteiger partial charge in [-0.2, -0.15) is 11.8 Å². The second-order valence-electron chi connectivity index (χ2n) is 8.04. The molecular formula is C24H27ClFNO5S. The summed E-state index contributed by atoms with van der Waals surface area (Å²) < 4.78 is 24.8. The van der Waals surface area contributed by atoms with Gasteiger partial charge in [0.1, 0.15) is 18.3 Å². The first-order chi connectivity index (χ1) is 15.7. The van der Waals surface area contributed by atoms with Gasteiger partial charge in [0.05, 0.1) is 17.7 Å². The Balaban J connectivity index is 2.10. The van der Waals surface area contributed by atoms with E-state index in [1.54, 1.807) is 31.7 Å². The lowest BCUT2D eigenvalue weighted by molar-refractivity contribution is -0.151. The zero-order chi connectivity index (χ0) is 24.3. The molecule has 0 bridgehead atoms. The molecule has 0 spiro atoms. The van der Waals surface area contributed by atoms with Crippen molar-refractivity contribution in [1.82, 2.24) is 5.32 Å². The molecule has 6 nitrogen and oxygen atoms in total. The van der Waals surface area contributed by atoms with Gasteiger partial charge in [-0.3, -0.25) is 9.59 Å². The quantitative estimate of drug-likeness (QED) is 0.341. The van der Waals surface area contributed by atoms with Crippen LogP contribution in [0.25, 0.3) is 0 Å². The fourth-order valence-corrected chi connectivity index (χ4v) is 5.00. The molecule has 1 aromatic carbocycles. The summed E-state index contributed by atoms with van der Waals surface area (Å²) in [6.45, 7) is 5.74. The van der Waals surface area contributed by atoms with Crippen LogP contribution < -0.4 is 5.32 Å². The minimum absolute atomic E-state index is 0.0701. The van der Waals surface area contributed by atoms with E-state index in [2.05, 4.69) is 5.32 Å². The molecule has 0 radical (unpaired) electrons. The minimum Gasteiger partial charge on any atom is -0.468 e. The van der Waals surface area contributed by atoms with Crippen molar-refractivity contribution in [1.29, 1.82) is 0 Å². The van der Waals surface area contributed by atoms with E-state index in [1.807, 2.05) is 6.92 Å². The first-order valence-corrected chi connectivity index (χ1v) is 12.3. The van der Waals surface area contributed by atoms with E-state index in [9.17, 15) is 18.8 Å². The van der Waals surface area contributed by atoms with Crippen LogP contribution >= 0.6 is 23.4 Å². The van der Waals surface area contributed by atoms with Crippen molar-refractivity contribution in [3.05, 3.63) is 57.1 Å². The van der Waals surface area contributed by atoms with E-state index in [-0.39, 0.29) is 28.7 Å². The Morgan fingerprint density at radius 2 is 2.06 bits per heavy atom.